The van der Waals surface area contributed by atoms with Gasteiger partial charge in [0, 0.05) is 58.2 Å². The molecule has 0 saturated heterocycles. The lowest BCUT2D eigenvalue weighted by Crippen LogP contribution is -2.25. The second-order valence-corrected chi connectivity index (χ2v) is 12.7. The Hall–Kier alpha value is -3.07. The van der Waals surface area contributed by atoms with Gasteiger partial charge in [-0.25, -0.2) is 8.99 Å². The average Bonchev–Trinajstić information content (AvgIpc) is 3.63. The van der Waals surface area contributed by atoms with E-state index < -0.39 is 9.73 Å². The zero-order chi connectivity index (χ0) is 25.6. The third-order valence-corrected chi connectivity index (χ3v) is 9.91. The fourth-order valence-corrected chi connectivity index (χ4v) is 6.95. The van der Waals surface area contributed by atoms with Gasteiger partial charge in [-0.15, -0.1) is 0 Å². The lowest BCUT2D eigenvalue weighted by atomic mass is 9.87. The van der Waals surface area contributed by atoms with Crippen LogP contribution in [0.1, 0.15) is 62.9 Å². The lowest BCUT2D eigenvalue weighted by Gasteiger charge is -2.29. The van der Waals surface area contributed by atoms with E-state index in [1.54, 1.807) is 19.3 Å². The topological polar surface area (TPSA) is 120 Å². The smallest absolute Gasteiger partial charge is 0.274 e. The Morgan fingerprint density at radius 1 is 1.14 bits per heavy atom. The highest BCUT2D eigenvalue weighted by Gasteiger charge is 2.34. The van der Waals surface area contributed by atoms with Crippen molar-refractivity contribution in [3.8, 4) is 11.1 Å². The Kier molecular flexibility index (Phi) is 6.44. The number of benzene rings is 1. The Bertz CT molecular complexity index is 1480. The molecule has 9 heteroatoms. The van der Waals surface area contributed by atoms with E-state index in [-0.39, 0.29) is 16.7 Å². The summed E-state index contributed by atoms with van der Waals surface area (Å²) < 4.78 is 23.5. The molecular weight excluding hydrogens is 474 g/mol. The number of hydrogen-bond acceptors (Lipinski definition) is 5. The summed E-state index contributed by atoms with van der Waals surface area (Å²) in [5.74, 6) is 0.459. The predicted molar refractivity (Wildman–Crippen MR) is 144 cm³/mol. The van der Waals surface area contributed by atoms with Crippen molar-refractivity contribution in [1.82, 2.24) is 14.9 Å². The third-order valence-electron chi connectivity index (χ3n) is 7.55. The zero-order valence-corrected chi connectivity index (χ0v) is 22.0. The number of rotatable bonds is 7. The fraction of sp³-hybridized carbons (Fsp3) is 0.481. The van der Waals surface area contributed by atoms with Gasteiger partial charge in [-0.2, -0.15) is 0 Å². The number of carbonyl (C=O) groups excluding carboxylic acids is 1. The van der Waals surface area contributed by atoms with Crippen LogP contribution in [0.2, 0.25) is 0 Å². The monoisotopic (exact) mass is 509 g/mol. The van der Waals surface area contributed by atoms with Gasteiger partial charge in [0.05, 0.1) is 9.73 Å². The molecule has 0 bridgehead atoms. The molecular formula is C27H35N5O3S. The van der Waals surface area contributed by atoms with Crippen LogP contribution in [-0.4, -0.2) is 37.5 Å². The van der Waals surface area contributed by atoms with E-state index in [1.165, 1.54) is 17.4 Å². The van der Waals surface area contributed by atoms with Crippen molar-refractivity contribution >= 4 is 32.2 Å². The maximum Gasteiger partial charge on any atom is 0.274 e. The van der Waals surface area contributed by atoms with Gasteiger partial charge in [-0.1, -0.05) is 6.92 Å². The van der Waals surface area contributed by atoms with E-state index in [4.69, 9.17) is 4.78 Å². The van der Waals surface area contributed by atoms with Crippen LogP contribution in [0.25, 0.3) is 22.0 Å². The van der Waals surface area contributed by atoms with Gasteiger partial charge < -0.3 is 20.2 Å². The number of nitrogens with zero attached hydrogens (tertiary/aromatic N) is 1. The minimum Gasteiger partial charge on any atom is -0.382 e. The molecule has 2 saturated carbocycles. The molecule has 4 N–H and O–H groups in total. The number of anilines is 1. The molecule has 0 spiro atoms. The Balaban J connectivity index is 1.67. The van der Waals surface area contributed by atoms with Crippen molar-refractivity contribution in [3.05, 3.63) is 46.5 Å². The van der Waals surface area contributed by atoms with Gasteiger partial charge in [-0.3, -0.25) is 9.59 Å². The number of fused-ring (bicyclic) bond motifs is 1. The molecule has 1 aromatic carbocycles. The van der Waals surface area contributed by atoms with Crippen molar-refractivity contribution in [2.75, 3.05) is 11.9 Å². The minimum atomic E-state index is -2.91. The molecule has 36 heavy (non-hydrogen) atoms. The van der Waals surface area contributed by atoms with E-state index in [2.05, 4.69) is 22.5 Å². The summed E-state index contributed by atoms with van der Waals surface area (Å²) in [5.41, 5.74) is 2.91. The van der Waals surface area contributed by atoms with Gasteiger partial charge >= 0.3 is 0 Å². The largest absolute Gasteiger partial charge is 0.382 e. The van der Waals surface area contributed by atoms with Crippen LogP contribution < -0.4 is 16.2 Å². The quantitative estimate of drug-likeness (QED) is 0.364. The molecule has 3 aromatic rings. The van der Waals surface area contributed by atoms with Gasteiger partial charge in [0.2, 0.25) is 0 Å². The molecule has 1 unspecified atom stereocenters. The predicted octanol–water partition coefficient (Wildman–Crippen LogP) is 4.84. The van der Waals surface area contributed by atoms with Crippen LogP contribution in [0, 0.1) is 10.7 Å². The van der Waals surface area contributed by atoms with Crippen LogP contribution in [-0.2, 0) is 16.8 Å². The Morgan fingerprint density at radius 3 is 2.53 bits per heavy atom. The number of amides is 1. The summed E-state index contributed by atoms with van der Waals surface area (Å²) in [5, 5.41) is 7.03. The highest BCUT2D eigenvalue weighted by molar-refractivity contribution is 7.93. The molecule has 0 radical (unpaired) electrons. The molecule has 0 aliphatic heterocycles. The molecule has 2 aromatic heterocycles. The zero-order valence-electron chi connectivity index (χ0n) is 21.1. The summed E-state index contributed by atoms with van der Waals surface area (Å²) in [6.45, 7) is 4.62. The number of aromatic amines is 1. The number of pyridine rings is 1. The van der Waals surface area contributed by atoms with Crippen LogP contribution >= 0.6 is 0 Å². The van der Waals surface area contributed by atoms with Crippen LogP contribution in [0.15, 0.2) is 40.2 Å². The lowest BCUT2D eigenvalue weighted by molar-refractivity contribution is 0.0951. The van der Waals surface area contributed by atoms with Crippen molar-refractivity contribution in [2.45, 2.75) is 68.6 Å². The normalized spacial score (nSPS) is 21.8. The summed E-state index contributed by atoms with van der Waals surface area (Å²) in [4.78, 5) is 29.1. The summed E-state index contributed by atoms with van der Waals surface area (Å²) in [6, 6.07) is 7.66. The third kappa shape index (κ3) is 4.56. The minimum absolute atomic E-state index is 0.0965. The molecule has 1 atom stereocenters. The van der Waals surface area contributed by atoms with E-state index in [1.807, 2.05) is 25.1 Å². The molecule has 1 amide bonds. The first-order valence-electron chi connectivity index (χ1n) is 12.9. The van der Waals surface area contributed by atoms with E-state index in [0.29, 0.717) is 34.1 Å². The highest BCUT2D eigenvalue weighted by Crippen LogP contribution is 2.40. The average molecular weight is 510 g/mol. The molecule has 8 nitrogen and oxygen atoms in total. The number of hydrogen-bond donors (Lipinski definition) is 4. The molecule has 5 rings (SSSR count). The van der Waals surface area contributed by atoms with E-state index in [9.17, 15) is 13.8 Å². The SMILES string of the molecule is CCNC(=O)c1cc2c(-c3cc(S(=N)(=O)C4CC4)ccc3NC3CCC(C)CC3)cn(C)c(=O)c2[nH]1. The van der Waals surface area contributed by atoms with Crippen molar-refractivity contribution in [2.24, 2.45) is 13.0 Å². The van der Waals surface area contributed by atoms with E-state index in [0.717, 1.165) is 48.4 Å². The molecule has 192 valence electrons. The van der Waals surface area contributed by atoms with Crippen LogP contribution in [0.4, 0.5) is 5.69 Å². The van der Waals surface area contributed by atoms with Crippen LogP contribution in [0.5, 0.6) is 0 Å². The number of nitrogens with one attached hydrogen (secondary N) is 4. The van der Waals surface area contributed by atoms with Crippen molar-refractivity contribution in [1.29, 1.82) is 4.78 Å². The van der Waals surface area contributed by atoms with Crippen molar-refractivity contribution < 1.29 is 9.00 Å². The van der Waals surface area contributed by atoms with Crippen molar-refractivity contribution in [3.63, 3.8) is 0 Å². The molecule has 2 fully saturated rings. The maximum absolute atomic E-state index is 13.4. The first kappa shape index (κ1) is 24.6. The maximum atomic E-state index is 13.4. The summed E-state index contributed by atoms with van der Waals surface area (Å²) >= 11 is 0. The molecule has 2 aliphatic carbocycles. The number of aryl methyl sites for hydroxylation is 1. The van der Waals surface area contributed by atoms with Gasteiger partial charge in [0.1, 0.15) is 11.2 Å². The van der Waals surface area contributed by atoms with Crippen LogP contribution in [0.3, 0.4) is 0 Å². The standard InChI is InChI=1S/C27H35N5O3S/c1-4-29-26(33)24-14-21-22(15-32(3)27(34)25(21)31-24)20-13-19(36(28,35)18-9-10-18)11-12-23(20)30-17-7-5-16(2)6-8-17/h11-18,28,30-31H,4-10H2,1-3H3,(H,29,33). The second-order valence-electron chi connectivity index (χ2n) is 10.4. The second kappa shape index (κ2) is 9.42. The molecule has 2 aliphatic rings. The number of carbonyl (C=O) groups is 1. The first-order chi connectivity index (χ1) is 17.2. The summed E-state index contributed by atoms with van der Waals surface area (Å²) in [7, 11) is -1.22. The van der Waals surface area contributed by atoms with Gasteiger partial charge in [-0.05, 0) is 75.6 Å². The summed E-state index contributed by atoms with van der Waals surface area (Å²) in [6.07, 6.45) is 7.90. The molecule has 2 heterocycles. The van der Waals surface area contributed by atoms with Gasteiger partial charge in [0.15, 0.2) is 0 Å². The number of aromatic nitrogens is 2. The highest BCUT2D eigenvalue weighted by atomic mass is 32.2. The Labute approximate surface area is 211 Å². The van der Waals surface area contributed by atoms with Gasteiger partial charge in [0.25, 0.3) is 11.5 Å². The number of H-pyrrole nitrogens is 1. The Morgan fingerprint density at radius 2 is 1.86 bits per heavy atom. The first-order valence-corrected chi connectivity index (χ1v) is 14.5. The fourth-order valence-electron chi connectivity index (χ4n) is 5.20. The van der Waals surface area contributed by atoms with E-state index >= 15 is 0 Å².